The summed E-state index contributed by atoms with van der Waals surface area (Å²) < 4.78 is 0. The number of hydrogen-bond acceptors (Lipinski definition) is 2. The van der Waals surface area contributed by atoms with Crippen molar-refractivity contribution in [2.45, 2.75) is 39.7 Å². The van der Waals surface area contributed by atoms with Gasteiger partial charge in [-0.2, -0.15) is 0 Å². The zero-order valence-electron chi connectivity index (χ0n) is 11.9. The summed E-state index contributed by atoms with van der Waals surface area (Å²) in [5.41, 5.74) is 0. The van der Waals surface area contributed by atoms with Crippen LogP contribution < -0.4 is 5.32 Å². The van der Waals surface area contributed by atoms with Gasteiger partial charge in [0.25, 0.3) is 0 Å². The van der Waals surface area contributed by atoms with Gasteiger partial charge >= 0.3 is 0 Å². The van der Waals surface area contributed by atoms with Crippen molar-refractivity contribution in [2.24, 2.45) is 5.92 Å². The van der Waals surface area contributed by atoms with Gasteiger partial charge < -0.3 is 5.32 Å². The summed E-state index contributed by atoms with van der Waals surface area (Å²) in [6.45, 7) is 18.5. The fraction of sp³-hybridized carbons (Fsp3) is 0.733. The molecule has 1 N–H and O–H groups in total. The van der Waals surface area contributed by atoms with Crippen LogP contribution in [0.4, 0.5) is 0 Å². The van der Waals surface area contributed by atoms with E-state index in [1.54, 1.807) is 0 Å². The molecular weight excluding hydrogens is 208 g/mol. The van der Waals surface area contributed by atoms with Crippen molar-refractivity contribution in [3.8, 4) is 0 Å². The van der Waals surface area contributed by atoms with Crippen molar-refractivity contribution in [3.05, 3.63) is 25.3 Å². The molecule has 100 valence electrons. The standard InChI is InChI=1S/C15H30N2/c1-6-9-15(13-16-12-14(4)5)17(10-7-2)11-8-3/h7-8,14-16H,2-3,6,9-13H2,1,4-5H3. The summed E-state index contributed by atoms with van der Waals surface area (Å²) in [7, 11) is 0. The molecule has 0 aromatic heterocycles. The van der Waals surface area contributed by atoms with Crippen LogP contribution in [0.2, 0.25) is 0 Å². The zero-order chi connectivity index (χ0) is 13.1. The van der Waals surface area contributed by atoms with Crippen molar-refractivity contribution in [3.63, 3.8) is 0 Å². The van der Waals surface area contributed by atoms with Gasteiger partial charge in [-0.25, -0.2) is 0 Å². The van der Waals surface area contributed by atoms with Crippen LogP contribution in [-0.2, 0) is 0 Å². The van der Waals surface area contributed by atoms with Gasteiger partial charge in [-0.15, -0.1) is 13.2 Å². The highest BCUT2D eigenvalue weighted by atomic mass is 15.2. The normalized spacial score (nSPS) is 13.0. The molecule has 0 aromatic carbocycles. The molecular formula is C15H30N2. The molecule has 0 spiro atoms. The SMILES string of the molecule is C=CCN(CC=C)C(CCC)CNCC(C)C. The average molecular weight is 238 g/mol. The Balaban J connectivity index is 4.22. The molecule has 0 aliphatic carbocycles. The second-order valence-electron chi connectivity index (χ2n) is 5.03. The van der Waals surface area contributed by atoms with Gasteiger partial charge in [0.1, 0.15) is 0 Å². The van der Waals surface area contributed by atoms with Crippen molar-refractivity contribution >= 4 is 0 Å². The fourth-order valence-electron chi connectivity index (χ4n) is 1.99. The molecule has 0 amide bonds. The molecule has 1 unspecified atom stereocenters. The Labute approximate surface area is 108 Å². The highest BCUT2D eigenvalue weighted by Crippen LogP contribution is 2.07. The van der Waals surface area contributed by atoms with Gasteiger partial charge in [-0.1, -0.05) is 39.3 Å². The van der Waals surface area contributed by atoms with E-state index in [9.17, 15) is 0 Å². The van der Waals surface area contributed by atoms with Crippen LogP contribution in [0.15, 0.2) is 25.3 Å². The topological polar surface area (TPSA) is 15.3 Å². The highest BCUT2D eigenvalue weighted by molar-refractivity contribution is 4.85. The monoisotopic (exact) mass is 238 g/mol. The molecule has 0 saturated carbocycles. The smallest absolute Gasteiger partial charge is 0.0227 e. The minimum atomic E-state index is 0.592. The van der Waals surface area contributed by atoms with Gasteiger partial charge in [-0.05, 0) is 18.9 Å². The lowest BCUT2D eigenvalue weighted by atomic mass is 10.1. The molecule has 0 saturated heterocycles. The summed E-state index contributed by atoms with van der Waals surface area (Å²) in [5.74, 6) is 0.713. The minimum absolute atomic E-state index is 0.592. The minimum Gasteiger partial charge on any atom is -0.315 e. The van der Waals surface area contributed by atoms with E-state index in [0.29, 0.717) is 12.0 Å². The Hall–Kier alpha value is -0.600. The van der Waals surface area contributed by atoms with Crippen LogP contribution in [0, 0.1) is 5.92 Å². The zero-order valence-corrected chi connectivity index (χ0v) is 11.9. The predicted octanol–water partition coefficient (Wildman–Crippen LogP) is 3.07. The molecule has 17 heavy (non-hydrogen) atoms. The maximum Gasteiger partial charge on any atom is 0.0227 e. The van der Waals surface area contributed by atoms with E-state index < -0.39 is 0 Å². The van der Waals surface area contributed by atoms with E-state index in [-0.39, 0.29) is 0 Å². The third-order valence-corrected chi connectivity index (χ3v) is 2.80. The molecule has 0 fully saturated rings. The Morgan fingerprint density at radius 1 is 1.12 bits per heavy atom. The summed E-state index contributed by atoms with van der Waals surface area (Å²) in [6, 6.07) is 0.592. The molecule has 0 bridgehead atoms. The van der Waals surface area contributed by atoms with Crippen LogP contribution in [0.5, 0.6) is 0 Å². The van der Waals surface area contributed by atoms with E-state index in [1.807, 2.05) is 12.2 Å². The summed E-state index contributed by atoms with van der Waals surface area (Å²) in [5, 5.41) is 3.56. The molecule has 0 heterocycles. The summed E-state index contributed by atoms with van der Waals surface area (Å²) in [4.78, 5) is 2.44. The quantitative estimate of drug-likeness (QED) is 0.557. The van der Waals surface area contributed by atoms with Gasteiger partial charge in [0.05, 0.1) is 0 Å². The number of nitrogens with zero attached hydrogens (tertiary/aromatic N) is 1. The van der Waals surface area contributed by atoms with Crippen LogP contribution in [0.25, 0.3) is 0 Å². The molecule has 2 nitrogen and oxygen atoms in total. The lowest BCUT2D eigenvalue weighted by molar-refractivity contribution is 0.219. The fourth-order valence-corrected chi connectivity index (χ4v) is 1.99. The third kappa shape index (κ3) is 8.17. The first-order chi connectivity index (χ1) is 8.15. The van der Waals surface area contributed by atoms with E-state index in [4.69, 9.17) is 0 Å². The lowest BCUT2D eigenvalue weighted by Gasteiger charge is -2.30. The molecule has 2 heteroatoms. The summed E-state index contributed by atoms with van der Waals surface area (Å²) >= 11 is 0. The Morgan fingerprint density at radius 2 is 1.71 bits per heavy atom. The maximum absolute atomic E-state index is 3.84. The first kappa shape index (κ1) is 16.4. The van der Waals surface area contributed by atoms with Crippen LogP contribution in [-0.4, -0.2) is 37.1 Å². The first-order valence-electron chi connectivity index (χ1n) is 6.82. The lowest BCUT2D eigenvalue weighted by Crippen LogP contribution is -2.43. The van der Waals surface area contributed by atoms with E-state index in [1.165, 1.54) is 12.8 Å². The van der Waals surface area contributed by atoms with Gasteiger partial charge in [0.2, 0.25) is 0 Å². The average Bonchev–Trinajstić information content (AvgIpc) is 2.27. The van der Waals surface area contributed by atoms with E-state index in [2.05, 4.69) is 44.1 Å². The maximum atomic E-state index is 3.84. The molecule has 0 radical (unpaired) electrons. The molecule has 1 atom stereocenters. The number of rotatable bonds is 11. The molecule has 0 aliphatic heterocycles. The van der Waals surface area contributed by atoms with Crippen LogP contribution in [0.3, 0.4) is 0 Å². The number of hydrogen-bond donors (Lipinski definition) is 1. The molecule has 0 rings (SSSR count). The van der Waals surface area contributed by atoms with E-state index >= 15 is 0 Å². The van der Waals surface area contributed by atoms with Crippen molar-refractivity contribution in [1.29, 1.82) is 0 Å². The highest BCUT2D eigenvalue weighted by Gasteiger charge is 2.14. The first-order valence-corrected chi connectivity index (χ1v) is 6.82. The predicted molar refractivity (Wildman–Crippen MR) is 78.4 cm³/mol. The third-order valence-electron chi connectivity index (χ3n) is 2.80. The van der Waals surface area contributed by atoms with Crippen molar-refractivity contribution in [2.75, 3.05) is 26.2 Å². The van der Waals surface area contributed by atoms with E-state index in [0.717, 1.165) is 26.2 Å². The Kier molecular flexibility index (Phi) is 10.2. The van der Waals surface area contributed by atoms with Gasteiger partial charge in [0, 0.05) is 25.7 Å². The molecule has 0 aromatic rings. The number of nitrogens with one attached hydrogen (secondary N) is 1. The van der Waals surface area contributed by atoms with Crippen LogP contribution in [0.1, 0.15) is 33.6 Å². The molecule has 0 aliphatic rings. The van der Waals surface area contributed by atoms with Gasteiger partial charge in [-0.3, -0.25) is 4.90 Å². The Morgan fingerprint density at radius 3 is 2.12 bits per heavy atom. The van der Waals surface area contributed by atoms with Crippen molar-refractivity contribution < 1.29 is 0 Å². The second kappa shape index (κ2) is 10.5. The van der Waals surface area contributed by atoms with Crippen LogP contribution >= 0.6 is 0 Å². The summed E-state index contributed by atoms with van der Waals surface area (Å²) in [6.07, 6.45) is 6.41. The van der Waals surface area contributed by atoms with Crippen molar-refractivity contribution in [1.82, 2.24) is 10.2 Å². The van der Waals surface area contributed by atoms with Gasteiger partial charge in [0.15, 0.2) is 0 Å². The second-order valence-corrected chi connectivity index (χ2v) is 5.03. The largest absolute Gasteiger partial charge is 0.315 e. The Bertz CT molecular complexity index is 189.